The van der Waals surface area contributed by atoms with Gasteiger partial charge in [0.2, 0.25) is 0 Å². The fourth-order valence-corrected chi connectivity index (χ4v) is 2.82. The molecule has 110 valence electrons. The summed E-state index contributed by atoms with van der Waals surface area (Å²) < 4.78 is 4.10. The second-order valence-electron chi connectivity index (χ2n) is 5.91. The Bertz CT molecular complexity index is 764. The van der Waals surface area contributed by atoms with Gasteiger partial charge in [-0.2, -0.15) is 5.10 Å². The average molecular weight is 282 g/mol. The van der Waals surface area contributed by atoms with Crippen LogP contribution in [0.3, 0.4) is 0 Å². The van der Waals surface area contributed by atoms with E-state index in [0.29, 0.717) is 5.92 Å². The van der Waals surface area contributed by atoms with Crippen LogP contribution in [0.4, 0.5) is 0 Å². The van der Waals surface area contributed by atoms with Crippen LogP contribution in [0.2, 0.25) is 0 Å². The van der Waals surface area contributed by atoms with Gasteiger partial charge in [0.25, 0.3) is 0 Å². The Morgan fingerprint density at radius 3 is 2.67 bits per heavy atom. The smallest absolute Gasteiger partial charge is 0.181 e. The van der Waals surface area contributed by atoms with Gasteiger partial charge in [-0.25, -0.2) is 4.98 Å². The second kappa shape index (κ2) is 5.35. The molecule has 0 aliphatic heterocycles. The quantitative estimate of drug-likeness (QED) is 0.726. The number of nitrogens with zero attached hydrogens (tertiary/aromatic N) is 4. The normalized spacial score (nSPS) is 11.7. The molecule has 2 aromatic heterocycles. The Hall–Kier alpha value is -2.10. The van der Waals surface area contributed by atoms with Gasteiger partial charge in [-0.3, -0.25) is 4.68 Å². The second-order valence-corrected chi connectivity index (χ2v) is 5.91. The van der Waals surface area contributed by atoms with E-state index in [1.807, 2.05) is 7.05 Å². The van der Waals surface area contributed by atoms with Crippen molar-refractivity contribution in [2.24, 2.45) is 7.05 Å². The van der Waals surface area contributed by atoms with E-state index in [2.05, 4.69) is 59.8 Å². The minimum atomic E-state index is 0.512. The van der Waals surface area contributed by atoms with E-state index in [4.69, 9.17) is 0 Å². The Balaban J connectivity index is 2.17. The standard InChI is InChI=1S/C17H22N4/c1-5-8-21-10-15(12(2)3)14-9-13(6-7-16(14)21)17-18-11-20(4)19-17/h6-7,9-12H,5,8H2,1-4H3. The molecule has 4 heteroatoms. The summed E-state index contributed by atoms with van der Waals surface area (Å²) in [6.07, 6.45) is 5.18. The molecule has 0 saturated heterocycles. The maximum absolute atomic E-state index is 4.40. The average Bonchev–Trinajstić information content (AvgIpc) is 3.03. The van der Waals surface area contributed by atoms with Crippen molar-refractivity contribution in [3.63, 3.8) is 0 Å². The van der Waals surface area contributed by atoms with Crippen molar-refractivity contribution >= 4 is 10.9 Å². The number of fused-ring (bicyclic) bond motifs is 1. The van der Waals surface area contributed by atoms with Gasteiger partial charge < -0.3 is 4.57 Å². The maximum atomic E-state index is 4.40. The van der Waals surface area contributed by atoms with E-state index in [0.717, 1.165) is 24.4 Å². The molecular formula is C17H22N4. The predicted octanol–water partition coefficient (Wildman–Crippen LogP) is 3.97. The largest absolute Gasteiger partial charge is 0.347 e. The molecule has 0 fully saturated rings. The highest BCUT2D eigenvalue weighted by atomic mass is 15.3. The van der Waals surface area contributed by atoms with Gasteiger partial charge in [0.15, 0.2) is 5.82 Å². The van der Waals surface area contributed by atoms with Crippen molar-refractivity contribution in [1.82, 2.24) is 19.3 Å². The molecule has 3 aromatic rings. The molecule has 0 aliphatic rings. The zero-order valence-electron chi connectivity index (χ0n) is 13.2. The monoisotopic (exact) mass is 282 g/mol. The van der Waals surface area contributed by atoms with Crippen LogP contribution >= 0.6 is 0 Å². The number of hydrogen-bond donors (Lipinski definition) is 0. The van der Waals surface area contributed by atoms with Crippen molar-refractivity contribution in [2.45, 2.75) is 39.7 Å². The van der Waals surface area contributed by atoms with Crippen LogP contribution in [0.15, 0.2) is 30.7 Å². The van der Waals surface area contributed by atoms with Crippen LogP contribution in [-0.4, -0.2) is 19.3 Å². The number of benzene rings is 1. The van der Waals surface area contributed by atoms with Gasteiger partial charge in [0.1, 0.15) is 6.33 Å². The van der Waals surface area contributed by atoms with Gasteiger partial charge >= 0.3 is 0 Å². The third-order valence-corrected chi connectivity index (χ3v) is 3.86. The van der Waals surface area contributed by atoms with E-state index in [1.165, 1.54) is 16.5 Å². The molecule has 0 N–H and O–H groups in total. The molecule has 0 amide bonds. The van der Waals surface area contributed by atoms with Gasteiger partial charge in [0.05, 0.1) is 0 Å². The summed E-state index contributed by atoms with van der Waals surface area (Å²) in [6, 6.07) is 6.54. The Kier molecular flexibility index (Phi) is 3.53. The van der Waals surface area contributed by atoms with Gasteiger partial charge in [-0.05, 0) is 36.1 Å². The number of aryl methyl sites for hydroxylation is 2. The fourth-order valence-electron chi connectivity index (χ4n) is 2.82. The van der Waals surface area contributed by atoms with Gasteiger partial charge in [0, 0.05) is 36.3 Å². The molecule has 21 heavy (non-hydrogen) atoms. The molecule has 0 bridgehead atoms. The molecule has 2 heterocycles. The molecule has 0 spiro atoms. The van der Waals surface area contributed by atoms with Gasteiger partial charge in [-0.15, -0.1) is 0 Å². The molecular weight excluding hydrogens is 260 g/mol. The fraction of sp³-hybridized carbons (Fsp3) is 0.412. The molecule has 0 radical (unpaired) electrons. The Morgan fingerprint density at radius 2 is 2.05 bits per heavy atom. The highest BCUT2D eigenvalue weighted by Gasteiger charge is 2.13. The van der Waals surface area contributed by atoms with Crippen LogP contribution in [-0.2, 0) is 13.6 Å². The predicted molar refractivity (Wildman–Crippen MR) is 86.3 cm³/mol. The van der Waals surface area contributed by atoms with E-state index in [1.54, 1.807) is 11.0 Å². The van der Waals surface area contributed by atoms with Crippen molar-refractivity contribution in [3.05, 3.63) is 36.3 Å². The Morgan fingerprint density at radius 1 is 1.24 bits per heavy atom. The van der Waals surface area contributed by atoms with Crippen molar-refractivity contribution in [2.75, 3.05) is 0 Å². The molecule has 0 aliphatic carbocycles. The summed E-state index contributed by atoms with van der Waals surface area (Å²) in [4.78, 5) is 4.36. The summed E-state index contributed by atoms with van der Waals surface area (Å²) in [7, 11) is 1.90. The van der Waals surface area contributed by atoms with Crippen molar-refractivity contribution in [1.29, 1.82) is 0 Å². The van der Waals surface area contributed by atoms with E-state index < -0.39 is 0 Å². The van der Waals surface area contributed by atoms with E-state index in [9.17, 15) is 0 Å². The summed E-state index contributed by atoms with van der Waals surface area (Å²) in [6.45, 7) is 7.77. The topological polar surface area (TPSA) is 35.6 Å². The third-order valence-electron chi connectivity index (χ3n) is 3.86. The lowest BCUT2D eigenvalue weighted by atomic mass is 10.0. The summed E-state index contributed by atoms with van der Waals surface area (Å²) in [5.74, 6) is 1.30. The molecule has 3 rings (SSSR count). The lowest BCUT2D eigenvalue weighted by Crippen LogP contribution is -1.94. The SMILES string of the molecule is CCCn1cc(C(C)C)c2cc(-c3ncn(C)n3)ccc21. The number of hydrogen-bond acceptors (Lipinski definition) is 2. The molecule has 1 aromatic carbocycles. The minimum absolute atomic E-state index is 0.512. The first kappa shape index (κ1) is 13.9. The summed E-state index contributed by atoms with van der Waals surface area (Å²) >= 11 is 0. The molecule has 4 nitrogen and oxygen atoms in total. The first-order valence-corrected chi connectivity index (χ1v) is 7.59. The third kappa shape index (κ3) is 2.46. The lowest BCUT2D eigenvalue weighted by molar-refractivity contribution is 0.697. The van der Waals surface area contributed by atoms with Crippen molar-refractivity contribution < 1.29 is 0 Å². The van der Waals surface area contributed by atoms with Crippen LogP contribution in [0, 0.1) is 0 Å². The zero-order chi connectivity index (χ0) is 15.0. The molecule has 0 saturated carbocycles. The Labute approximate surface area is 125 Å². The number of rotatable bonds is 4. The molecule has 0 unspecified atom stereocenters. The van der Waals surface area contributed by atoms with Crippen molar-refractivity contribution in [3.8, 4) is 11.4 Å². The highest BCUT2D eigenvalue weighted by Crippen LogP contribution is 2.30. The summed E-state index contributed by atoms with van der Waals surface area (Å²) in [5.41, 5.74) is 3.79. The van der Waals surface area contributed by atoms with Crippen LogP contribution in [0.1, 0.15) is 38.7 Å². The van der Waals surface area contributed by atoms with Crippen LogP contribution in [0.5, 0.6) is 0 Å². The first-order chi connectivity index (χ1) is 10.1. The van der Waals surface area contributed by atoms with Gasteiger partial charge in [-0.1, -0.05) is 20.8 Å². The molecule has 0 atom stereocenters. The van der Waals surface area contributed by atoms with Crippen LogP contribution < -0.4 is 0 Å². The first-order valence-electron chi connectivity index (χ1n) is 7.59. The maximum Gasteiger partial charge on any atom is 0.181 e. The highest BCUT2D eigenvalue weighted by molar-refractivity contribution is 5.88. The minimum Gasteiger partial charge on any atom is -0.347 e. The van der Waals surface area contributed by atoms with E-state index in [-0.39, 0.29) is 0 Å². The summed E-state index contributed by atoms with van der Waals surface area (Å²) in [5, 5.41) is 5.73. The lowest BCUT2D eigenvalue weighted by Gasteiger charge is -2.04. The van der Waals surface area contributed by atoms with Crippen LogP contribution in [0.25, 0.3) is 22.3 Å². The van der Waals surface area contributed by atoms with E-state index >= 15 is 0 Å². The number of aromatic nitrogens is 4. The zero-order valence-corrected chi connectivity index (χ0v) is 13.2.